The lowest BCUT2D eigenvalue weighted by atomic mass is 10.2. The minimum absolute atomic E-state index is 0.0472. The van der Waals surface area contributed by atoms with Gasteiger partial charge in [0.2, 0.25) is 6.08 Å². The maximum absolute atomic E-state index is 12.0. The highest BCUT2D eigenvalue weighted by atomic mass is 16.6. The molecule has 0 N–H and O–H groups in total. The van der Waals surface area contributed by atoms with Crippen molar-refractivity contribution in [2.24, 2.45) is 4.99 Å². The fourth-order valence-electron chi connectivity index (χ4n) is 1.31. The fraction of sp³-hybridized carbons (Fsp3) is 0.786. The number of hydrogen-bond acceptors (Lipinski definition) is 6. The topological polar surface area (TPSA) is 85.3 Å². The monoisotopic (exact) mass is 300 g/mol. The van der Waals surface area contributed by atoms with E-state index in [9.17, 15) is 14.4 Å². The molecule has 0 aromatic rings. The number of nitrogens with zero attached hydrogens (tertiary/aromatic N) is 2. The van der Waals surface area contributed by atoms with Crippen LogP contribution in [0.25, 0.3) is 0 Å². The summed E-state index contributed by atoms with van der Waals surface area (Å²) in [5.74, 6) is -0.552. The van der Waals surface area contributed by atoms with Crippen LogP contribution in [-0.2, 0) is 19.1 Å². The number of amides is 1. The van der Waals surface area contributed by atoms with Gasteiger partial charge in [-0.3, -0.25) is 9.69 Å². The zero-order valence-electron chi connectivity index (χ0n) is 13.6. The molecular formula is C14H24N2O5. The molecule has 7 heteroatoms. The first-order chi connectivity index (χ1) is 9.44. The Kier molecular flexibility index (Phi) is 7.09. The van der Waals surface area contributed by atoms with Gasteiger partial charge in [0.25, 0.3) is 0 Å². The van der Waals surface area contributed by atoms with Crippen molar-refractivity contribution in [2.75, 3.05) is 19.6 Å². The maximum Gasteiger partial charge on any atom is 0.410 e. The molecule has 0 aromatic carbocycles. The van der Waals surface area contributed by atoms with Crippen LogP contribution in [-0.4, -0.2) is 53.9 Å². The Bertz CT molecular complexity index is 414. The Hall–Kier alpha value is -1.88. The molecule has 0 spiro atoms. The summed E-state index contributed by atoms with van der Waals surface area (Å²) in [6.07, 6.45) is 0.724. The van der Waals surface area contributed by atoms with E-state index in [4.69, 9.17) is 9.47 Å². The molecule has 0 heterocycles. The zero-order valence-corrected chi connectivity index (χ0v) is 13.6. The normalized spacial score (nSPS) is 11.3. The number of isocyanates is 1. The quantitative estimate of drug-likeness (QED) is 0.440. The van der Waals surface area contributed by atoms with Crippen molar-refractivity contribution in [3.63, 3.8) is 0 Å². The van der Waals surface area contributed by atoms with Crippen molar-refractivity contribution < 1.29 is 23.9 Å². The van der Waals surface area contributed by atoms with Crippen molar-refractivity contribution in [3.8, 4) is 0 Å². The number of ether oxygens (including phenoxy) is 2. The molecule has 120 valence electrons. The molecule has 0 fully saturated rings. The second-order valence-corrected chi connectivity index (χ2v) is 6.46. The van der Waals surface area contributed by atoms with Crippen LogP contribution in [0.15, 0.2) is 4.99 Å². The van der Waals surface area contributed by atoms with E-state index < -0.39 is 23.3 Å². The van der Waals surface area contributed by atoms with E-state index in [0.29, 0.717) is 0 Å². The minimum atomic E-state index is -0.683. The molecule has 7 nitrogen and oxygen atoms in total. The van der Waals surface area contributed by atoms with Crippen LogP contribution in [0.4, 0.5) is 4.79 Å². The molecule has 0 bridgehead atoms. The Labute approximate surface area is 125 Å². The average molecular weight is 300 g/mol. The van der Waals surface area contributed by atoms with Gasteiger partial charge in [-0.15, -0.1) is 0 Å². The highest BCUT2D eigenvalue weighted by Gasteiger charge is 2.26. The van der Waals surface area contributed by atoms with Gasteiger partial charge in [0.05, 0.1) is 6.54 Å². The Morgan fingerprint density at radius 3 is 2.00 bits per heavy atom. The molecule has 0 atom stereocenters. The van der Waals surface area contributed by atoms with Gasteiger partial charge in [-0.25, -0.2) is 14.6 Å². The molecule has 0 aliphatic heterocycles. The van der Waals surface area contributed by atoms with Gasteiger partial charge in [-0.2, -0.15) is 0 Å². The van der Waals surface area contributed by atoms with Crippen LogP contribution in [0.5, 0.6) is 0 Å². The van der Waals surface area contributed by atoms with E-state index in [-0.39, 0.29) is 19.6 Å². The predicted octanol–water partition coefficient (Wildman–Crippen LogP) is 1.90. The fourth-order valence-corrected chi connectivity index (χ4v) is 1.31. The summed E-state index contributed by atoms with van der Waals surface area (Å²) < 4.78 is 10.4. The molecule has 0 aliphatic rings. The largest absolute Gasteiger partial charge is 0.459 e. The lowest BCUT2D eigenvalue weighted by molar-refractivity contribution is -0.156. The van der Waals surface area contributed by atoms with Crippen molar-refractivity contribution in [1.82, 2.24) is 4.90 Å². The summed E-state index contributed by atoms with van der Waals surface area (Å²) >= 11 is 0. The van der Waals surface area contributed by atoms with Gasteiger partial charge >= 0.3 is 12.1 Å². The third kappa shape index (κ3) is 10.6. The van der Waals surface area contributed by atoms with E-state index in [1.54, 1.807) is 41.5 Å². The van der Waals surface area contributed by atoms with Gasteiger partial charge in [0.1, 0.15) is 17.7 Å². The van der Waals surface area contributed by atoms with Crippen molar-refractivity contribution in [2.45, 2.75) is 52.7 Å². The summed E-state index contributed by atoms with van der Waals surface area (Å²) in [4.78, 5) is 38.4. The van der Waals surface area contributed by atoms with Crippen LogP contribution in [0, 0.1) is 0 Å². The highest BCUT2D eigenvalue weighted by Crippen LogP contribution is 2.11. The lowest BCUT2D eigenvalue weighted by Crippen LogP contribution is -2.42. The molecule has 0 unspecified atom stereocenters. The Balaban J connectivity index is 4.76. The number of rotatable bonds is 5. The first kappa shape index (κ1) is 19.1. The molecule has 0 saturated heterocycles. The SMILES string of the molecule is CC(C)(C)OC(=O)CN(CCN=C=O)C(=O)OC(C)(C)C. The van der Waals surface area contributed by atoms with Gasteiger partial charge in [0.15, 0.2) is 0 Å². The van der Waals surface area contributed by atoms with E-state index in [0.717, 1.165) is 4.90 Å². The second-order valence-electron chi connectivity index (χ2n) is 6.46. The lowest BCUT2D eigenvalue weighted by Gasteiger charge is -2.27. The Morgan fingerprint density at radius 1 is 1.05 bits per heavy atom. The van der Waals surface area contributed by atoms with Gasteiger partial charge < -0.3 is 9.47 Å². The van der Waals surface area contributed by atoms with Crippen LogP contribution in [0.1, 0.15) is 41.5 Å². The average Bonchev–Trinajstić information content (AvgIpc) is 2.22. The van der Waals surface area contributed by atoms with Crippen LogP contribution in [0.3, 0.4) is 0 Å². The molecule has 0 aromatic heterocycles. The molecule has 0 radical (unpaired) electrons. The van der Waals surface area contributed by atoms with Crippen molar-refractivity contribution in [1.29, 1.82) is 0 Å². The predicted molar refractivity (Wildman–Crippen MR) is 76.6 cm³/mol. The van der Waals surface area contributed by atoms with E-state index in [2.05, 4.69) is 4.99 Å². The van der Waals surface area contributed by atoms with Crippen LogP contribution < -0.4 is 0 Å². The Morgan fingerprint density at radius 2 is 1.57 bits per heavy atom. The van der Waals surface area contributed by atoms with Gasteiger partial charge in [-0.1, -0.05) is 0 Å². The third-order valence-corrected chi connectivity index (χ3v) is 1.94. The van der Waals surface area contributed by atoms with Crippen molar-refractivity contribution in [3.05, 3.63) is 0 Å². The summed E-state index contributed by atoms with van der Waals surface area (Å²) in [5, 5.41) is 0. The highest BCUT2D eigenvalue weighted by molar-refractivity contribution is 5.78. The molecule has 0 aliphatic carbocycles. The third-order valence-electron chi connectivity index (χ3n) is 1.94. The van der Waals surface area contributed by atoms with Crippen molar-refractivity contribution >= 4 is 18.1 Å². The molecule has 0 rings (SSSR count). The van der Waals surface area contributed by atoms with E-state index in [1.165, 1.54) is 6.08 Å². The minimum Gasteiger partial charge on any atom is -0.459 e. The smallest absolute Gasteiger partial charge is 0.410 e. The second kappa shape index (κ2) is 7.78. The summed E-state index contributed by atoms with van der Waals surface area (Å²) in [5.41, 5.74) is -1.32. The molecule has 21 heavy (non-hydrogen) atoms. The van der Waals surface area contributed by atoms with E-state index >= 15 is 0 Å². The van der Waals surface area contributed by atoms with Crippen LogP contribution >= 0.6 is 0 Å². The first-order valence-corrected chi connectivity index (χ1v) is 6.68. The number of carbonyl (C=O) groups is 2. The summed E-state index contributed by atoms with van der Waals surface area (Å²) in [6.45, 7) is 10.2. The molecular weight excluding hydrogens is 276 g/mol. The van der Waals surface area contributed by atoms with Gasteiger partial charge in [-0.05, 0) is 41.5 Å². The molecule has 1 amide bonds. The number of carbonyl (C=O) groups excluding carboxylic acids is 3. The number of esters is 1. The van der Waals surface area contributed by atoms with Crippen LogP contribution in [0.2, 0.25) is 0 Å². The van der Waals surface area contributed by atoms with Gasteiger partial charge in [0, 0.05) is 6.54 Å². The van der Waals surface area contributed by atoms with E-state index in [1.807, 2.05) is 0 Å². The zero-order chi connectivity index (χ0) is 16.7. The number of hydrogen-bond donors (Lipinski definition) is 0. The standard InChI is InChI=1S/C14H24N2O5/c1-13(2,3)20-11(18)9-16(8-7-15-10-17)12(19)21-14(4,5)6/h7-9H2,1-6H3. The molecule has 0 saturated carbocycles. The first-order valence-electron chi connectivity index (χ1n) is 6.68. The maximum atomic E-state index is 12.0. The summed E-state index contributed by atoms with van der Waals surface area (Å²) in [6, 6.07) is 0. The number of aliphatic imine (C=N–C) groups is 1. The summed E-state index contributed by atoms with van der Waals surface area (Å²) in [7, 11) is 0.